The smallest absolute Gasteiger partial charge is 0.263 e. The Hall–Kier alpha value is -2.76. The Morgan fingerprint density at radius 1 is 1.13 bits per heavy atom. The highest BCUT2D eigenvalue weighted by Gasteiger charge is 2.31. The van der Waals surface area contributed by atoms with Crippen LogP contribution in [0.3, 0.4) is 0 Å². The Balaban J connectivity index is 1.77. The molecule has 30 heavy (non-hydrogen) atoms. The molecule has 0 radical (unpaired) electrons. The number of amidine groups is 1. The van der Waals surface area contributed by atoms with Crippen molar-refractivity contribution in [2.45, 2.75) is 29.3 Å². The van der Waals surface area contributed by atoms with Gasteiger partial charge in [0.15, 0.2) is 0 Å². The number of fused-ring (bicyclic) bond motifs is 1. The van der Waals surface area contributed by atoms with E-state index in [1.54, 1.807) is 36.4 Å². The van der Waals surface area contributed by atoms with E-state index >= 15 is 0 Å². The predicted octanol–water partition coefficient (Wildman–Crippen LogP) is 0.680. The number of amides is 1. The maximum atomic E-state index is 12.5. The van der Waals surface area contributed by atoms with Crippen molar-refractivity contribution in [1.82, 2.24) is 14.3 Å². The van der Waals surface area contributed by atoms with Crippen LogP contribution in [0.2, 0.25) is 0 Å². The van der Waals surface area contributed by atoms with E-state index in [-0.39, 0.29) is 22.2 Å². The normalized spacial score (nSPS) is 17.4. The third-order valence-electron chi connectivity index (χ3n) is 4.55. The fraction of sp³-hybridized carbons (Fsp3) is 0.263. The Bertz CT molecular complexity index is 1220. The van der Waals surface area contributed by atoms with Crippen molar-refractivity contribution < 1.29 is 21.6 Å². The number of carbonyl (C=O) groups excluding carboxylic acids is 1. The van der Waals surface area contributed by atoms with Gasteiger partial charge < -0.3 is 5.32 Å². The van der Waals surface area contributed by atoms with Gasteiger partial charge in [-0.1, -0.05) is 30.3 Å². The summed E-state index contributed by atoms with van der Waals surface area (Å²) in [5.74, 6) is -0.369. The van der Waals surface area contributed by atoms with Crippen molar-refractivity contribution in [3.05, 3.63) is 59.7 Å². The van der Waals surface area contributed by atoms with Gasteiger partial charge in [-0.05, 0) is 30.7 Å². The number of nitrogens with zero attached hydrogens (tertiary/aromatic N) is 2. The lowest BCUT2D eigenvalue weighted by atomic mass is 10.2. The van der Waals surface area contributed by atoms with E-state index < -0.39 is 32.0 Å². The molecule has 0 spiro atoms. The lowest BCUT2D eigenvalue weighted by molar-refractivity contribution is -0.122. The van der Waals surface area contributed by atoms with Crippen molar-refractivity contribution in [1.29, 1.82) is 0 Å². The van der Waals surface area contributed by atoms with Gasteiger partial charge in [-0.3, -0.25) is 14.5 Å². The Labute approximate surface area is 175 Å². The number of hydrogen-bond acceptors (Lipinski definition) is 6. The quantitative estimate of drug-likeness (QED) is 0.670. The molecule has 0 aromatic heterocycles. The number of hydrogen-bond donors (Lipinski definition) is 2. The summed E-state index contributed by atoms with van der Waals surface area (Å²) in [5.41, 5.74) is 0.839. The molecule has 2 N–H and O–H groups in total. The molecule has 0 aliphatic carbocycles. The lowest BCUT2D eigenvalue weighted by Gasteiger charge is -2.16. The highest BCUT2D eigenvalue weighted by Crippen LogP contribution is 2.22. The second-order valence-corrected chi connectivity index (χ2v) is 10.6. The zero-order valence-electron chi connectivity index (χ0n) is 16.7. The second kappa shape index (κ2) is 8.17. The predicted molar refractivity (Wildman–Crippen MR) is 112 cm³/mol. The van der Waals surface area contributed by atoms with Gasteiger partial charge >= 0.3 is 0 Å². The molecule has 160 valence electrons. The first-order chi connectivity index (χ1) is 14.0. The van der Waals surface area contributed by atoms with E-state index in [2.05, 4.69) is 15.0 Å². The van der Waals surface area contributed by atoms with E-state index in [0.29, 0.717) is 11.1 Å². The van der Waals surface area contributed by atoms with E-state index in [1.165, 1.54) is 33.2 Å². The van der Waals surface area contributed by atoms with Crippen molar-refractivity contribution >= 4 is 31.8 Å². The van der Waals surface area contributed by atoms with Gasteiger partial charge in [-0.25, -0.2) is 21.1 Å². The van der Waals surface area contributed by atoms with Crippen LogP contribution in [0, 0.1) is 0 Å². The molecule has 0 bridgehead atoms. The Kier molecular flexibility index (Phi) is 5.97. The van der Waals surface area contributed by atoms with Gasteiger partial charge in [-0.2, -0.15) is 0 Å². The summed E-state index contributed by atoms with van der Waals surface area (Å²) in [6, 6.07) is 11.9. The van der Waals surface area contributed by atoms with Crippen molar-refractivity contribution in [2.24, 2.45) is 4.99 Å². The second-order valence-electron chi connectivity index (χ2n) is 6.87. The molecule has 0 saturated heterocycles. The molecule has 1 amide bonds. The van der Waals surface area contributed by atoms with Crippen molar-refractivity contribution in [2.75, 3.05) is 14.1 Å². The van der Waals surface area contributed by atoms with Crippen LogP contribution in [0.25, 0.3) is 0 Å². The number of nitrogens with one attached hydrogen (secondary N) is 2. The third-order valence-corrected chi connectivity index (χ3v) is 7.86. The number of rotatable bonds is 6. The molecule has 3 rings (SSSR count). The molecule has 0 unspecified atom stereocenters. The Morgan fingerprint density at radius 3 is 2.47 bits per heavy atom. The summed E-state index contributed by atoms with van der Waals surface area (Å²) >= 11 is 0. The largest absolute Gasteiger partial charge is 0.350 e. The summed E-state index contributed by atoms with van der Waals surface area (Å²) in [6.45, 7) is 1.51. The minimum Gasteiger partial charge on any atom is -0.350 e. The highest BCUT2D eigenvalue weighted by atomic mass is 32.2. The van der Waals surface area contributed by atoms with Crippen LogP contribution >= 0.6 is 0 Å². The zero-order chi connectivity index (χ0) is 22.1. The summed E-state index contributed by atoms with van der Waals surface area (Å²) in [6.07, 6.45) is 0. The van der Waals surface area contributed by atoms with Gasteiger partial charge in [0.1, 0.15) is 11.9 Å². The number of sulfonamides is 2. The summed E-state index contributed by atoms with van der Waals surface area (Å²) in [7, 11) is -4.49. The van der Waals surface area contributed by atoms with Crippen LogP contribution in [-0.4, -0.2) is 53.0 Å². The number of carbonyl (C=O) groups is 1. The van der Waals surface area contributed by atoms with Gasteiger partial charge in [-0.15, -0.1) is 0 Å². The highest BCUT2D eigenvalue weighted by molar-refractivity contribution is 7.90. The van der Waals surface area contributed by atoms with E-state index in [4.69, 9.17) is 0 Å². The molecule has 1 aliphatic heterocycles. The lowest BCUT2D eigenvalue weighted by Crippen LogP contribution is -2.34. The molecule has 2 aromatic carbocycles. The van der Waals surface area contributed by atoms with Gasteiger partial charge in [0, 0.05) is 26.2 Å². The first kappa shape index (κ1) is 21.9. The monoisotopic (exact) mass is 450 g/mol. The molecule has 1 atom stereocenters. The SMILES string of the molecule is C[C@H](N=C1NS(=O)(=O)c2ccccc21)C(=O)NCc1ccccc1S(=O)(=O)N(C)C. The summed E-state index contributed by atoms with van der Waals surface area (Å²) in [5, 5.41) is 2.66. The minimum atomic E-state index is -3.70. The maximum Gasteiger partial charge on any atom is 0.263 e. The standard InChI is InChI=1S/C19H22N4O5S2/c1-13(21-18-15-9-5-7-11-17(15)29(25,26)22-18)19(24)20-12-14-8-4-6-10-16(14)30(27,28)23(2)3/h4-11,13H,12H2,1-3H3,(H,20,24)(H,21,22)/t13-/m0/s1. The van der Waals surface area contributed by atoms with Gasteiger partial charge in [0.25, 0.3) is 10.0 Å². The number of aliphatic imine (C=N–C) groups is 1. The van der Waals surface area contributed by atoms with Crippen LogP contribution in [0.5, 0.6) is 0 Å². The molecule has 2 aromatic rings. The average molecular weight is 451 g/mol. The van der Waals surface area contributed by atoms with Gasteiger partial charge in [0.2, 0.25) is 15.9 Å². The van der Waals surface area contributed by atoms with E-state index in [1.807, 2.05) is 0 Å². The van der Waals surface area contributed by atoms with Crippen molar-refractivity contribution in [3.63, 3.8) is 0 Å². The molecule has 0 fully saturated rings. The van der Waals surface area contributed by atoms with Gasteiger partial charge in [0.05, 0.1) is 9.79 Å². The Morgan fingerprint density at radius 2 is 1.77 bits per heavy atom. The molecule has 1 heterocycles. The minimum absolute atomic E-state index is 0.0143. The topological polar surface area (TPSA) is 125 Å². The van der Waals surface area contributed by atoms with Crippen LogP contribution in [0.1, 0.15) is 18.1 Å². The molecule has 1 aliphatic rings. The van der Waals surface area contributed by atoms with E-state index in [9.17, 15) is 21.6 Å². The summed E-state index contributed by atoms with van der Waals surface area (Å²) in [4.78, 5) is 16.9. The fourth-order valence-corrected chi connectivity index (χ4v) is 5.26. The third kappa shape index (κ3) is 4.23. The van der Waals surface area contributed by atoms with Crippen LogP contribution in [0.15, 0.2) is 63.3 Å². The molecule has 9 nitrogen and oxygen atoms in total. The fourth-order valence-electron chi connectivity index (χ4n) is 2.91. The molecular weight excluding hydrogens is 428 g/mol. The molecule has 11 heteroatoms. The zero-order valence-corrected chi connectivity index (χ0v) is 18.3. The van der Waals surface area contributed by atoms with E-state index in [0.717, 1.165) is 4.31 Å². The first-order valence-corrected chi connectivity index (χ1v) is 11.9. The first-order valence-electron chi connectivity index (χ1n) is 9.02. The van der Waals surface area contributed by atoms with Crippen LogP contribution in [-0.2, 0) is 31.4 Å². The maximum absolute atomic E-state index is 12.5. The number of benzene rings is 2. The van der Waals surface area contributed by atoms with Crippen LogP contribution < -0.4 is 10.0 Å². The molecular formula is C19H22N4O5S2. The average Bonchev–Trinajstić information content (AvgIpc) is 2.96. The van der Waals surface area contributed by atoms with Crippen molar-refractivity contribution in [3.8, 4) is 0 Å². The molecule has 0 saturated carbocycles. The van der Waals surface area contributed by atoms with Crippen LogP contribution in [0.4, 0.5) is 0 Å². The summed E-state index contributed by atoms with van der Waals surface area (Å²) < 4.78 is 52.7.